The molecule has 0 unspecified atom stereocenters. The summed E-state index contributed by atoms with van der Waals surface area (Å²) in [6.45, 7) is 1.90. The van der Waals surface area contributed by atoms with E-state index in [1.165, 1.54) is 6.07 Å². The molecule has 0 amide bonds. The topological polar surface area (TPSA) is 72.0 Å². The van der Waals surface area contributed by atoms with Crippen LogP contribution < -0.4 is 5.56 Å². The molecule has 1 aromatic heterocycles. The Hall–Kier alpha value is -1.88. The minimum absolute atomic E-state index is 0.105. The Morgan fingerprint density at radius 2 is 2.29 bits per heavy atom. The van der Waals surface area contributed by atoms with E-state index in [-0.39, 0.29) is 12.4 Å². The van der Waals surface area contributed by atoms with Crippen molar-refractivity contribution in [3.05, 3.63) is 39.4 Å². The van der Waals surface area contributed by atoms with Crippen LogP contribution in [-0.2, 0) is 4.74 Å². The normalized spacial score (nSPS) is 10.5. The molecule has 0 bridgehead atoms. The number of ether oxygens (including phenoxy) is 1. The molecule has 6 heteroatoms. The van der Waals surface area contributed by atoms with E-state index < -0.39 is 11.5 Å². The maximum atomic E-state index is 11.7. The average molecular weight is 253 g/mol. The van der Waals surface area contributed by atoms with Gasteiger partial charge in [0.15, 0.2) is 0 Å². The number of carbonyl (C=O) groups excluding carboxylic acids is 1. The van der Waals surface area contributed by atoms with Crippen molar-refractivity contribution in [2.45, 2.75) is 6.92 Å². The van der Waals surface area contributed by atoms with Crippen molar-refractivity contribution in [1.82, 2.24) is 9.97 Å². The highest BCUT2D eigenvalue weighted by atomic mass is 35.5. The fourth-order valence-corrected chi connectivity index (χ4v) is 1.58. The Labute approximate surface area is 101 Å². The van der Waals surface area contributed by atoms with Gasteiger partial charge in [-0.2, -0.15) is 0 Å². The third-order valence-corrected chi connectivity index (χ3v) is 2.37. The molecule has 0 saturated carbocycles. The lowest BCUT2D eigenvalue weighted by atomic mass is 10.2. The number of nitrogens with zero attached hydrogens (tertiary/aromatic N) is 1. The number of fused-ring (bicyclic) bond motifs is 1. The molecule has 0 aliphatic carbocycles. The summed E-state index contributed by atoms with van der Waals surface area (Å²) in [5.74, 6) is -0.756. The van der Waals surface area contributed by atoms with Crippen LogP contribution in [0, 0.1) is 0 Å². The summed E-state index contributed by atoms with van der Waals surface area (Å²) >= 11 is 5.77. The van der Waals surface area contributed by atoms with E-state index in [1.807, 2.05) is 0 Å². The smallest absolute Gasteiger partial charge is 0.374 e. The zero-order valence-corrected chi connectivity index (χ0v) is 9.75. The second kappa shape index (κ2) is 4.55. The van der Waals surface area contributed by atoms with Crippen LogP contribution in [0.1, 0.15) is 17.5 Å². The number of hydrogen-bond donors (Lipinski definition) is 1. The van der Waals surface area contributed by atoms with Crippen LogP contribution in [0.25, 0.3) is 10.9 Å². The number of aromatic nitrogens is 2. The quantitative estimate of drug-likeness (QED) is 0.827. The molecule has 0 atom stereocenters. The molecule has 0 aliphatic heterocycles. The lowest BCUT2D eigenvalue weighted by molar-refractivity contribution is 0.0512. The van der Waals surface area contributed by atoms with E-state index in [2.05, 4.69) is 9.97 Å². The maximum absolute atomic E-state index is 11.7. The van der Waals surface area contributed by atoms with E-state index in [1.54, 1.807) is 19.1 Å². The van der Waals surface area contributed by atoms with E-state index in [0.717, 1.165) is 0 Å². The molecule has 2 aromatic rings. The SMILES string of the molecule is CCOC(=O)c1nc2ccc(Cl)cc2c(=O)[nH]1. The lowest BCUT2D eigenvalue weighted by Gasteiger charge is -2.02. The second-order valence-electron chi connectivity index (χ2n) is 3.30. The van der Waals surface area contributed by atoms with Crippen molar-refractivity contribution in [3.8, 4) is 0 Å². The first-order valence-electron chi connectivity index (χ1n) is 4.98. The van der Waals surface area contributed by atoms with Crippen LogP contribution >= 0.6 is 11.6 Å². The van der Waals surface area contributed by atoms with E-state index in [4.69, 9.17) is 16.3 Å². The molecular weight excluding hydrogens is 244 g/mol. The molecule has 5 nitrogen and oxygen atoms in total. The van der Waals surface area contributed by atoms with Crippen molar-refractivity contribution in [1.29, 1.82) is 0 Å². The Morgan fingerprint density at radius 3 is 3.00 bits per heavy atom. The van der Waals surface area contributed by atoms with Gasteiger partial charge < -0.3 is 9.72 Å². The monoisotopic (exact) mass is 252 g/mol. The average Bonchev–Trinajstić information content (AvgIpc) is 2.30. The van der Waals surface area contributed by atoms with Crippen LogP contribution in [0.5, 0.6) is 0 Å². The minimum Gasteiger partial charge on any atom is -0.460 e. The highest BCUT2D eigenvalue weighted by molar-refractivity contribution is 6.31. The van der Waals surface area contributed by atoms with Crippen molar-refractivity contribution in [2.75, 3.05) is 6.61 Å². The Kier molecular flexibility index (Phi) is 3.10. The van der Waals surface area contributed by atoms with Crippen molar-refractivity contribution >= 4 is 28.5 Å². The Bertz CT molecular complexity index is 636. The molecule has 2 rings (SSSR count). The Morgan fingerprint density at radius 1 is 1.53 bits per heavy atom. The summed E-state index contributed by atoms with van der Waals surface area (Å²) in [6, 6.07) is 4.68. The van der Waals surface area contributed by atoms with Crippen LogP contribution in [0.15, 0.2) is 23.0 Å². The molecule has 88 valence electrons. The minimum atomic E-state index is -0.651. The largest absolute Gasteiger partial charge is 0.460 e. The number of esters is 1. The first-order valence-corrected chi connectivity index (χ1v) is 5.36. The third kappa shape index (κ3) is 2.29. The van der Waals surface area contributed by atoms with Gasteiger partial charge in [-0.15, -0.1) is 0 Å². The van der Waals surface area contributed by atoms with Crippen molar-refractivity contribution < 1.29 is 9.53 Å². The molecule has 0 aliphatic rings. The van der Waals surface area contributed by atoms with Crippen molar-refractivity contribution in [3.63, 3.8) is 0 Å². The zero-order chi connectivity index (χ0) is 12.4. The number of rotatable bonds is 2. The maximum Gasteiger partial charge on any atom is 0.374 e. The molecule has 0 radical (unpaired) electrons. The number of aromatic amines is 1. The fourth-order valence-electron chi connectivity index (χ4n) is 1.41. The molecule has 1 aromatic carbocycles. The van der Waals surface area contributed by atoms with Crippen LogP contribution in [0.3, 0.4) is 0 Å². The number of nitrogens with one attached hydrogen (secondary N) is 1. The van der Waals surface area contributed by atoms with Gasteiger partial charge in [0, 0.05) is 5.02 Å². The summed E-state index contributed by atoms with van der Waals surface area (Å²) in [6.07, 6.45) is 0. The highest BCUT2D eigenvalue weighted by Crippen LogP contribution is 2.14. The van der Waals surface area contributed by atoms with E-state index in [0.29, 0.717) is 15.9 Å². The van der Waals surface area contributed by atoms with Crippen LogP contribution in [0.2, 0.25) is 5.02 Å². The molecular formula is C11H9ClN2O3. The highest BCUT2D eigenvalue weighted by Gasteiger charge is 2.12. The van der Waals surface area contributed by atoms with E-state index >= 15 is 0 Å². The van der Waals surface area contributed by atoms with Gasteiger partial charge in [-0.05, 0) is 25.1 Å². The third-order valence-electron chi connectivity index (χ3n) is 2.14. The lowest BCUT2D eigenvalue weighted by Crippen LogP contribution is -2.17. The number of H-pyrrole nitrogens is 1. The van der Waals surface area contributed by atoms with Gasteiger partial charge in [0.2, 0.25) is 5.82 Å². The molecule has 1 heterocycles. The second-order valence-corrected chi connectivity index (χ2v) is 3.73. The van der Waals surface area contributed by atoms with Gasteiger partial charge in [0.25, 0.3) is 5.56 Å². The number of hydrogen-bond acceptors (Lipinski definition) is 4. The van der Waals surface area contributed by atoms with Gasteiger partial charge in [0.1, 0.15) is 0 Å². The number of carbonyl (C=O) groups is 1. The molecule has 0 saturated heterocycles. The number of halogens is 1. The fraction of sp³-hybridized carbons (Fsp3) is 0.182. The van der Waals surface area contributed by atoms with Crippen LogP contribution in [-0.4, -0.2) is 22.5 Å². The molecule has 0 spiro atoms. The molecule has 17 heavy (non-hydrogen) atoms. The predicted octanol–water partition coefficient (Wildman–Crippen LogP) is 1.75. The van der Waals surface area contributed by atoms with Gasteiger partial charge in [-0.3, -0.25) is 4.79 Å². The predicted molar refractivity (Wildman–Crippen MR) is 63.3 cm³/mol. The Balaban J connectivity index is 2.60. The van der Waals surface area contributed by atoms with Crippen molar-refractivity contribution in [2.24, 2.45) is 0 Å². The summed E-state index contributed by atoms with van der Waals surface area (Å²) < 4.78 is 4.76. The standard InChI is InChI=1S/C11H9ClN2O3/c1-2-17-11(16)9-13-8-4-3-6(12)5-7(8)10(15)14-9/h3-5H,2H2,1H3,(H,13,14,15). The summed E-state index contributed by atoms with van der Waals surface area (Å²) in [7, 11) is 0. The molecule has 1 N–H and O–H groups in total. The number of benzene rings is 1. The van der Waals surface area contributed by atoms with Gasteiger partial charge in [-0.25, -0.2) is 9.78 Å². The van der Waals surface area contributed by atoms with Crippen LogP contribution in [0.4, 0.5) is 0 Å². The molecule has 0 fully saturated rings. The first-order chi connectivity index (χ1) is 8.11. The zero-order valence-electron chi connectivity index (χ0n) is 8.99. The first kappa shape index (κ1) is 11.6. The van der Waals surface area contributed by atoms with Gasteiger partial charge in [-0.1, -0.05) is 11.6 Å². The summed E-state index contributed by atoms with van der Waals surface area (Å²) in [5.41, 5.74) is -0.0123. The van der Waals surface area contributed by atoms with Gasteiger partial charge in [0.05, 0.1) is 17.5 Å². The summed E-state index contributed by atoms with van der Waals surface area (Å²) in [4.78, 5) is 29.5. The van der Waals surface area contributed by atoms with E-state index in [9.17, 15) is 9.59 Å². The summed E-state index contributed by atoms with van der Waals surface area (Å²) in [5, 5.41) is 0.777. The van der Waals surface area contributed by atoms with Gasteiger partial charge >= 0.3 is 5.97 Å².